The summed E-state index contributed by atoms with van der Waals surface area (Å²) in [6.07, 6.45) is 4.20. The second-order valence-electron chi connectivity index (χ2n) is 5.34. The molecule has 0 aliphatic rings. The minimum atomic E-state index is 1.05. The Morgan fingerprint density at radius 2 is 1.76 bits per heavy atom. The van der Waals surface area contributed by atoms with Crippen molar-refractivity contribution in [3.05, 3.63) is 58.6 Å². The fourth-order valence-electron chi connectivity index (χ4n) is 2.17. The fourth-order valence-corrected chi connectivity index (χ4v) is 3.14. The molecule has 2 nitrogen and oxygen atoms in total. The summed E-state index contributed by atoms with van der Waals surface area (Å²) in [5.74, 6) is 0. The first-order chi connectivity index (χ1) is 10.1. The van der Waals surface area contributed by atoms with Crippen molar-refractivity contribution in [3.63, 3.8) is 0 Å². The second-order valence-corrected chi connectivity index (χ2v) is 6.40. The van der Waals surface area contributed by atoms with Crippen LogP contribution in [0.1, 0.15) is 16.1 Å². The molecule has 0 N–H and O–H groups in total. The summed E-state index contributed by atoms with van der Waals surface area (Å²) in [6.45, 7) is 2.11. The molecule has 3 aromatic rings. The molecule has 0 bridgehead atoms. The van der Waals surface area contributed by atoms with Crippen LogP contribution in [0.15, 0.2) is 42.5 Å². The van der Waals surface area contributed by atoms with E-state index in [4.69, 9.17) is 0 Å². The van der Waals surface area contributed by atoms with Crippen molar-refractivity contribution in [2.45, 2.75) is 6.92 Å². The third-order valence-corrected chi connectivity index (χ3v) is 4.37. The first-order valence-electron chi connectivity index (χ1n) is 6.94. The van der Waals surface area contributed by atoms with Gasteiger partial charge >= 0.3 is 0 Å². The number of aromatic nitrogens is 1. The Kier molecular flexibility index (Phi) is 3.76. The molecule has 0 spiro atoms. The van der Waals surface area contributed by atoms with Crippen molar-refractivity contribution < 1.29 is 0 Å². The van der Waals surface area contributed by atoms with E-state index in [1.165, 1.54) is 21.5 Å². The van der Waals surface area contributed by atoms with E-state index >= 15 is 0 Å². The van der Waals surface area contributed by atoms with Gasteiger partial charge in [-0.3, -0.25) is 0 Å². The molecule has 0 saturated heterocycles. The van der Waals surface area contributed by atoms with Gasteiger partial charge in [0.15, 0.2) is 0 Å². The summed E-state index contributed by atoms with van der Waals surface area (Å²) in [7, 11) is 4.10. The highest BCUT2D eigenvalue weighted by molar-refractivity contribution is 7.19. The number of aryl methyl sites for hydroxylation is 1. The zero-order chi connectivity index (χ0) is 14.8. The van der Waals surface area contributed by atoms with E-state index in [0.717, 1.165) is 10.5 Å². The van der Waals surface area contributed by atoms with Gasteiger partial charge in [0.2, 0.25) is 0 Å². The SMILES string of the molecule is Cc1ccc2nc(C=Cc3ccc(N(C)C)cc3)sc2c1. The van der Waals surface area contributed by atoms with E-state index in [-0.39, 0.29) is 0 Å². The van der Waals surface area contributed by atoms with E-state index in [2.05, 4.69) is 71.4 Å². The Morgan fingerprint density at radius 1 is 1.00 bits per heavy atom. The molecule has 21 heavy (non-hydrogen) atoms. The van der Waals surface area contributed by atoms with Crippen molar-refractivity contribution in [2.75, 3.05) is 19.0 Å². The third kappa shape index (κ3) is 3.14. The largest absolute Gasteiger partial charge is 0.378 e. The van der Waals surface area contributed by atoms with E-state index in [1.54, 1.807) is 11.3 Å². The predicted molar refractivity (Wildman–Crippen MR) is 94.1 cm³/mol. The van der Waals surface area contributed by atoms with Crippen LogP contribution in [0.3, 0.4) is 0 Å². The smallest absolute Gasteiger partial charge is 0.117 e. The minimum absolute atomic E-state index is 1.05. The molecule has 0 aliphatic carbocycles. The topological polar surface area (TPSA) is 16.1 Å². The maximum atomic E-state index is 4.64. The zero-order valence-electron chi connectivity index (χ0n) is 12.5. The zero-order valence-corrected chi connectivity index (χ0v) is 13.3. The highest BCUT2D eigenvalue weighted by Gasteiger charge is 2.01. The molecular weight excluding hydrogens is 276 g/mol. The van der Waals surface area contributed by atoms with Crippen LogP contribution in [-0.2, 0) is 0 Å². The molecule has 0 atom stereocenters. The van der Waals surface area contributed by atoms with E-state index in [9.17, 15) is 0 Å². The normalized spacial score (nSPS) is 11.4. The number of hydrogen-bond donors (Lipinski definition) is 0. The number of hydrogen-bond acceptors (Lipinski definition) is 3. The van der Waals surface area contributed by atoms with Crippen molar-refractivity contribution in [1.29, 1.82) is 0 Å². The Bertz CT molecular complexity index is 783. The maximum absolute atomic E-state index is 4.64. The van der Waals surface area contributed by atoms with Crippen LogP contribution in [0.5, 0.6) is 0 Å². The number of fused-ring (bicyclic) bond motifs is 1. The minimum Gasteiger partial charge on any atom is -0.378 e. The number of nitrogens with zero attached hydrogens (tertiary/aromatic N) is 2. The molecule has 1 heterocycles. The van der Waals surface area contributed by atoms with Crippen LogP contribution < -0.4 is 4.90 Å². The van der Waals surface area contributed by atoms with Crippen LogP contribution in [-0.4, -0.2) is 19.1 Å². The molecular formula is C18H18N2S. The summed E-state index contributed by atoms with van der Waals surface area (Å²) in [6, 6.07) is 14.9. The molecule has 0 saturated carbocycles. The Balaban J connectivity index is 1.83. The predicted octanol–water partition coefficient (Wildman–Crippen LogP) is 4.84. The second kappa shape index (κ2) is 5.70. The van der Waals surface area contributed by atoms with Gasteiger partial charge in [-0.1, -0.05) is 24.3 Å². The standard InChI is InChI=1S/C18H18N2S/c1-13-4-10-16-17(12-13)21-18(19-16)11-7-14-5-8-15(9-6-14)20(2)3/h4-12H,1-3H3. The first-order valence-corrected chi connectivity index (χ1v) is 7.76. The quantitative estimate of drug-likeness (QED) is 0.687. The Labute approximate surface area is 129 Å². The van der Waals surface area contributed by atoms with Gasteiger partial charge < -0.3 is 4.90 Å². The first kappa shape index (κ1) is 13.8. The molecule has 3 rings (SSSR count). The molecule has 0 unspecified atom stereocenters. The molecule has 0 fully saturated rings. The molecule has 3 heteroatoms. The van der Waals surface area contributed by atoms with Gasteiger partial charge in [0.1, 0.15) is 5.01 Å². The number of thiazole rings is 1. The lowest BCUT2D eigenvalue weighted by atomic mass is 10.2. The van der Waals surface area contributed by atoms with Crippen LogP contribution in [0.2, 0.25) is 0 Å². The van der Waals surface area contributed by atoms with Gasteiger partial charge in [0.05, 0.1) is 10.2 Å². The van der Waals surface area contributed by atoms with Gasteiger partial charge in [-0.15, -0.1) is 11.3 Å². The number of benzene rings is 2. The van der Waals surface area contributed by atoms with Crippen molar-refractivity contribution in [3.8, 4) is 0 Å². The lowest BCUT2D eigenvalue weighted by molar-refractivity contribution is 1.13. The number of rotatable bonds is 3. The molecule has 0 aliphatic heterocycles. The van der Waals surface area contributed by atoms with Crippen LogP contribution in [0.4, 0.5) is 5.69 Å². The highest BCUT2D eigenvalue weighted by atomic mass is 32.1. The van der Waals surface area contributed by atoms with Gasteiger partial charge in [0.25, 0.3) is 0 Å². The van der Waals surface area contributed by atoms with Crippen molar-refractivity contribution in [1.82, 2.24) is 4.98 Å². The number of anilines is 1. The van der Waals surface area contributed by atoms with E-state index < -0.39 is 0 Å². The monoisotopic (exact) mass is 294 g/mol. The van der Waals surface area contributed by atoms with Gasteiger partial charge in [-0.25, -0.2) is 4.98 Å². The molecule has 1 aromatic heterocycles. The van der Waals surface area contributed by atoms with Gasteiger partial charge in [-0.2, -0.15) is 0 Å². The van der Waals surface area contributed by atoms with Crippen LogP contribution in [0.25, 0.3) is 22.4 Å². The van der Waals surface area contributed by atoms with Gasteiger partial charge in [-0.05, 0) is 48.4 Å². The van der Waals surface area contributed by atoms with Crippen molar-refractivity contribution in [2.24, 2.45) is 0 Å². The van der Waals surface area contributed by atoms with Crippen molar-refractivity contribution >= 4 is 39.4 Å². The van der Waals surface area contributed by atoms with Crippen LogP contribution >= 0.6 is 11.3 Å². The lowest BCUT2D eigenvalue weighted by Gasteiger charge is -2.11. The van der Waals surface area contributed by atoms with E-state index in [0.29, 0.717) is 0 Å². The molecule has 2 aromatic carbocycles. The summed E-state index contributed by atoms with van der Waals surface area (Å²) >= 11 is 1.73. The molecule has 0 radical (unpaired) electrons. The highest BCUT2D eigenvalue weighted by Crippen LogP contribution is 2.24. The van der Waals surface area contributed by atoms with Gasteiger partial charge in [0, 0.05) is 19.8 Å². The summed E-state index contributed by atoms with van der Waals surface area (Å²) in [4.78, 5) is 6.74. The fraction of sp³-hybridized carbons (Fsp3) is 0.167. The summed E-state index contributed by atoms with van der Waals surface area (Å²) < 4.78 is 1.25. The summed E-state index contributed by atoms with van der Waals surface area (Å²) in [5, 5.41) is 1.05. The summed E-state index contributed by atoms with van der Waals surface area (Å²) in [5.41, 5.74) is 4.76. The lowest BCUT2D eigenvalue weighted by Crippen LogP contribution is -2.07. The Hall–Kier alpha value is -2.13. The third-order valence-electron chi connectivity index (χ3n) is 3.39. The average Bonchev–Trinajstić information content (AvgIpc) is 2.87. The Morgan fingerprint density at radius 3 is 2.48 bits per heavy atom. The van der Waals surface area contributed by atoms with E-state index in [1.807, 2.05) is 14.1 Å². The van der Waals surface area contributed by atoms with Crippen LogP contribution in [0, 0.1) is 6.92 Å². The maximum Gasteiger partial charge on any atom is 0.117 e. The molecule has 106 valence electrons. The average molecular weight is 294 g/mol. The molecule has 0 amide bonds.